The van der Waals surface area contributed by atoms with Crippen LogP contribution < -0.4 is 4.90 Å². The predicted molar refractivity (Wildman–Crippen MR) is 72.3 cm³/mol. The van der Waals surface area contributed by atoms with Crippen LogP contribution >= 0.6 is 0 Å². The summed E-state index contributed by atoms with van der Waals surface area (Å²) in [6.07, 6.45) is 2.97. The Kier molecular flexibility index (Phi) is 4.23. The van der Waals surface area contributed by atoms with Gasteiger partial charge in [0.25, 0.3) is 0 Å². The minimum atomic E-state index is -0.611. The largest absolute Gasteiger partial charge is 0.389 e. The highest BCUT2D eigenvalue weighted by Crippen LogP contribution is 2.29. The van der Waals surface area contributed by atoms with Gasteiger partial charge in [-0.15, -0.1) is 0 Å². The summed E-state index contributed by atoms with van der Waals surface area (Å²) in [5.41, 5.74) is 1.32. The number of halogens is 1. The average molecular weight is 251 g/mol. The zero-order valence-corrected chi connectivity index (χ0v) is 11.2. The summed E-state index contributed by atoms with van der Waals surface area (Å²) < 4.78 is 14.0. The van der Waals surface area contributed by atoms with Gasteiger partial charge >= 0.3 is 0 Å². The second-order valence-corrected chi connectivity index (χ2v) is 5.28. The molecule has 3 heteroatoms. The molecule has 0 amide bonds. The third-order valence-corrected chi connectivity index (χ3v) is 3.78. The van der Waals surface area contributed by atoms with E-state index < -0.39 is 6.10 Å². The molecule has 0 saturated carbocycles. The molecule has 1 heterocycles. The van der Waals surface area contributed by atoms with Crippen LogP contribution in [-0.4, -0.2) is 18.2 Å². The maximum atomic E-state index is 14.0. The molecule has 0 bridgehead atoms. The standard InChI is InChI=1S/C15H22FNO/c1-3-4-12-7-8-17(10-12)15-6-5-13(11(2)18)9-14(15)16/h5-6,9,11-12,18H,3-4,7-8,10H2,1-2H3/t11-,12?/m1/s1. The number of anilines is 1. The summed E-state index contributed by atoms with van der Waals surface area (Å²) in [7, 11) is 0. The van der Waals surface area contributed by atoms with E-state index in [2.05, 4.69) is 11.8 Å². The van der Waals surface area contributed by atoms with Gasteiger partial charge in [-0.3, -0.25) is 0 Å². The summed E-state index contributed by atoms with van der Waals surface area (Å²) in [6.45, 7) is 5.75. The first-order valence-electron chi connectivity index (χ1n) is 6.84. The molecule has 18 heavy (non-hydrogen) atoms. The molecule has 0 aliphatic carbocycles. The molecule has 2 atom stereocenters. The van der Waals surface area contributed by atoms with E-state index in [1.165, 1.54) is 18.9 Å². The van der Waals surface area contributed by atoms with Crippen LogP contribution in [0.25, 0.3) is 0 Å². The van der Waals surface area contributed by atoms with Gasteiger partial charge in [0.2, 0.25) is 0 Å². The average Bonchev–Trinajstić information content (AvgIpc) is 2.77. The van der Waals surface area contributed by atoms with Crippen molar-refractivity contribution in [3.63, 3.8) is 0 Å². The Bertz CT molecular complexity index is 405. The summed E-state index contributed by atoms with van der Waals surface area (Å²) >= 11 is 0. The molecule has 0 aromatic heterocycles. The number of aliphatic hydroxyl groups excluding tert-OH is 1. The number of hydrogen-bond acceptors (Lipinski definition) is 2. The molecule has 1 unspecified atom stereocenters. The molecular weight excluding hydrogens is 229 g/mol. The van der Waals surface area contributed by atoms with E-state index in [0.29, 0.717) is 17.2 Å². The van der Waals surface area contributed by atoms with E-state index in [1.807, 2.05) is 6.07 Å². The second kappa shape index (κ2) is 5.70. The molecule has 1 aromatic carbocycles. The topological polar surface area (TPSA) is 23.5 Å². The molecule has 1 fully saturated rings. The molecule has 0 radical (unpaired) electrons. The van der Waals surface area contributed by atoms with Crippen LogP contribution in [0.4, 0.5) is 10.1 Å². The third-order valence-electron chi connectivity index (χ3n) is 3.78. The lowest BCUT2D eigenvalue weighted by molar-refractivity contribution is 0.199. The number of rotatable bonds is 4. The minimum absolute atomic E-state index is 0.217. The van der Waals surface area contributed by atoms with Gasteiger partial charge in [-0.05, 0) is 43.4 Å². The Morgan fingerprint density at radius 2 is 2.28 bits per heavy atom. The van der Waals surface area contributed by atoms with Crippen molar-refractivity contribution in [3.8, 4) is 0 Å². The first-order chi connectivity index (χ1) is 8.61. The molecule has 1 aliphatic rings. The van der Waals surface area contributed by atoms with Crippen molar-refractivity contribution >= 4 is 5.69 Å². The van der Waals surface area contributed by atoms with Gasteiger partial charge in [0.05, 0.1) is 11.8 Å². The number of hydrogen-bond donors (Lipinski definition) is 1. The van der Waals surface area contributed by atoms with E-state index in [0.717, 1.165) is 19.5 Å². The van der Waals surface area contributed by atoms with E-state index in [9.17, 15) is 9.50 Å². The maximum Gasteiger partial charge on any atom is 0.146 e. The lowest BCUT2D eigenvalue weighted by atomic mass is 10.0. The van der Waals surface area contributed by atoms with Crippen molar-refractivity contribution < 1.29 is 9.50 Å². The fourth-order valence-corrected chi connectivity index (χ4v) is 2.73. The van der Waals surface area contributed by atoms with Crippen molar-refractivity contribution in [1.29, 1.82) is 0 Å². The third kappa shape index (κ3) is 2.83. The highest BCUT2D eigenvalue weighted by atomic mass is 19.1. The summed E-state index contributed by atoms with van der Waals surface area (Å²) in [4.78, 5) is 2.13. The number of nitrogens with zero attached hydrogens (tertiary/aromatic N) is 1. The molecule has 1 aliphatic heterocycles. The SMILES string of the molecule is CCCC1CCN(c2ccc([C@@H](C)O)cc2F)C1. The van der Waals surface area contributed by atoms with Gasteiger partial charge in [-0.25, -0.2) is 4.39 Å². The summed E-state index contributed by atoms with van der Waals surface area (Å²) in [5, 5.41) is 9.44. The van der Waals surface area contributed by atoms with Crippen molar-refractivity contribution in [2.45, 2.75) is 39.2 Å². The second-order valence-electron chi connectivity index (χ2n) is 5.28. The first-order valence-corrected chi connectivity index (χ1v) is 6.84. The molecule has 1 saturated heterocycles. The fourth-order valence-electron chi connectivity index (χ4n) is 2.73. The quantitative estimate of drug-likeness (QED) is 0.885. The van der Waals surface area contributed by atoms with Crippen LogP contribution in [0.3, 0.4) is 0 Å². The number of aliphatic hydroxyl groups is 1. The molecule has 100 valence electrons. The van der Waals surface area contributed by atoms with Crippen LogP contribution in [0, 0.1) is 11.7 Å². The normalized spacial score (nSPS) is 21.3. The van der Waals surface area contributed by atoms with E-state index in [1.54, 1.807) is 13.0 Å². The molecule has 2 nitrogen and oxygen atoms in total. The number of benzene rings is 1. The maximum absolute atomic E-state index is 14.0. The summed E-state index contributed by atoms with van der Waals surface area (Å²) in [6, 6.07) is 5.06. The van der Waals surface area contributed by atoms with Gasteiger partial charge in [-0.1, -0.05) is 19.4 Å². The highest BCUT2D eigenvalue weighted by Gasteiger charge is 2.23. The Morgan fingerprint density at radius 1 is 1.50 bits per heavy atom. The van der Waals surface area contributed by atoms with Crippen molar-refractivity contribution in [2.75, 3.05) is 18.0 Å². The van der Waals surface area contributed by atoms with E-state index in [-0.39, 0.29) is 5.82 Å². The Morgan fingerprint density at radius 3 is 2.89 bits per heavy atom. The van der Waals surface area contributed by atoms with Crippen LogP contribution in [0.15, 0.2) is 18.2 Å². The first kappa shape index (κ1) is 13.3. The van der Waals surface area contributed by atoms with Gasteiger partial charge in [-0.2, -0.15) is 0 Å². The Hall–Kier alpha value is -1.09. The minimum Gasteiger partial charge on any atom is -0.389 e. The van der Waals surface area contributed by atoms with Crippen LogP contribution in [0.1, 0.15) is 44.8 Å². The molecule has 0 spiro atoms. The van der Waals surface area contributed by atoms with E-state index in [4.69, 9.17) is 0 Å². The molecule has 1 aromatic rings. The zero-order chi connectivity index (χ0) is 13.1. The van der Waals surface area contributed by atoms with Crippen molar-refractivity contribution in [3.05, 3.63) is 29.6 Å². The van der Waals surface area contributed by atoms with Crippen molar-refractivity contribution in [2.24, 2.45) is 5.92 Å². The van der Waals surface area contributed by atoms with Gasteiger partial charge in [0.15, 0.2) is 0 Å². The smallest absolute Gasteiger partial charge is 0.146 e. The monoisotopic (exact) mass is 251 g/mol. The molecular formula is C15H22FNO. The Labute approximate surface area is 108 Å². The van der Waals surface area contributed by atoms with Gasteiger partial charge in [0.1, 0.15) is 5.82 Å². The van der Waals surface area contributed by atoms with Crippen LogP contribution in [0.5, 0.6) is 0 Å². The fraction of sp³-hybridized carbons (Fsp3) is 0.600. The van der Waals surface area contributed by atoms with Crippen molar-refractivity contribution in [1.82, 2.24) is 0 Å². The molecule has 2 rings (SSSR count). The lowest BCUT2D eigenvalue weighted by Gasteiger charge is -2.20. The zero-order valence-electron chi connectivity index (χ0n) is 11.2. The van der Waals surface area contributed by atoms with Crippen LogP contribution in [-0.2, 0) is 0 Å². The van der Waals surface area contributed by atoms with E-state index >= 15 is 0 Å². The van der Waals surface area contributed by atoms with Gasteiger partial charge < -0.3 is 10.0 Å². The Balaban J connectivity index is 2.10. The van der Waals surface area contributed by atoms with Crippen LogP contribution in [0.2, 0.25) is 0 Å². The van der Waals surface area contributed by atoms with Gasteiger partial charge in [0, 0.05) is 13.1 Å². The lowest BCUT2D eigenvalue weighted by Crippen LogP contribution is -2.20. The summed E-state index contributed by atoms with van der Waals surface area (Å²) in [5.74, 6) is 0.483. The molecule has 1 N–H and O–H groups in total. The highest BCUT2D eigenvalue weighted by molar-refractivity contribution is 5.50. The predicted octanol–water partition coefficient (Wildman–Crippen LogP) is 3.51.